The number of esters is 1. The first-order valence-corrected chi connectivity index (χ1v) is 51.6. The fourth-order valence-corrected chi connectivity index (χ4v) is 21.4. The molecule has 5 heterocycles. The highest BCUT2D eigenvalue weighted by molar-refractivity contribution is 7.86. The molecule has 2 bridgehead atoms. The van der Waals surface area contributed by atoms with Crippen LogP contribution in [-0.4, -0.2) is 240 Å². The summed E-state index contributed by atoms with van der Waals surface area (Å²) in [6.07, 6.45) is 21.3. The van der Waals surface area contributed by atoms with Gasteiger partial charge in [-0.15, -0.1) is 0 Å². The van der Waals surface area contributed by atoms with E-state index in [4.69, 9.17) is 37.9 Å². The van der Waals surface area contributed by atoms with Crippen molar-refractivity contribution in [2.75, 3.05) is 98.6 Å². The fraction of sp³-hybridized carbons (Fsp3) is 0.575. The number of hydrogen-bond acceptors (Lipinski definition) is 23. The maximum Gasteiger partial charge on any atom is 0.329 e. The number of amides is 3. The van der Waals surface area contributed by atoms with E-state index >= 15 is 0 Å². The maximum absolute atomic E-state index is 14.9. The van der Waals surface area contributed by atoms with Crippen molar-refractivity contribution in [1.82, 2.24) is 15.5 Å². The summed E-state index contributed by atoms with van der Waals surface area (Å²) in [4.78, 5) is 88.8. The Kier molecular flexibility index (Phi) is 38.6. The Morgan fingerprint density at radius 2 is 1.30 bits per heavy atom. The van der Waals surface area contributed by atoms with Gasteiger partial charge in [-0.1, -0.05) is 128 Å². The van der Waals surface area contributed by atoms with E-state index in [0.717, 1.165) is 112 Å². The molecule has 5 aliphatic heterocycles. The number of piperidine rings is 1. The lowest BCUT2D eigenvalue weighted by molar-refractivity contribution is -0.438. The zero-order valence-corrected chi connectivity index (χ0v) is 83.5. The van der Waals surface area contributed by atoms with E-state index < -0.39 is 121 Å². The molecule has 2 saturated heterocycles. The summed E-state index contributed by atoms with van der Waals surface area (Å²) in [5.41, 5.74) is 11.2. The summed E-state index contributed by atoms with van der Waals surface area (Å²) in [5.74, 6) is -9.07. The van der Waals surface area contributed by atoms with Gasteiger partial charge in [0.25, 0.3) is 33.6 Å². The van der Waals surface area contributed by atoms with Crippen LogP contribution in [0.3, 0.4) is 0 Å². The second-order valence-electron chi connectivity index (χ2n) is 38.9. The van der Waals surface area contributed by atoms with Crippen molar-refractivity contribution in [3.63, 3.8) is 0 Å². The maximum atomic E-state index is 14.9. The zero-order chi connectivity index (χ0) is 98.6. The Balaban J connectivity index is 0.652. The van der Waals surface area contributed by atoms with Gasteiger partial charge in [-0.2, -0.15) is 13.0 Å². The Bertz CT molecular complexity index is 5360. The van der Waals surface area contributed by atoms with Crippen LogP contribution in [0.1, 0.15) is 248 Å². The number of allylic oxidation sites excluding steroid dienone is 12. The standard InChI is InChI=1S/C106H145N5O23S2/c1-15-17-50-109-85-43-41-81(135(121,122)123)65-83(85)104(8,9)94(109)46-39-75-26-22-27-76(40-47-95-105(10,11)84-66-82(136(124,125)126)42-44-86(84)110(95)51-18-16-2)96(75)77-35-37-79(38-36-77)101(117)108-49-24-54-131-56-58-132-57-55-130-53-23-48-107-100(116)78-33-30-73(31-34-78)25-21-28-80-60-68(3)59-69(4)61-92(128-13)98-93(129-14)63-71(6)106(120,134-98)99(115)102(118)111-52-20-19-29-87(111)103(119)133-97(72(7)89(113)67-90(80)114)70(5)62-74-32-45-88(112)91(64-74)127-12/h21,25,30-31,33-44,46-47,60,62,65-66,69,71-72,74,80,87-89,91-93,97-98,112-113,120H,15-20,22-24,26-29,32,45,48-59,61,63-64,67H2,1-14H3,(H3-,107,108,116,117,121,122,123,124,125,126)/b25-21+,68-60-,70-62+/t69-,71-,72-,74?,80+,87+,88-,89+,91-,92-,93+,97-,98+,106-/m1/s1. The summed E-state index contributed by atoms with van der Waals surface area (Å²) in [7, 11) is -4.61. The third-order valence-electron chi connectivity index (χ3n) is 28.2. The van der Waals surface area contributed by atoms with Crippen molar-refractivity contribution in [3.05, 3.63) is 189 Å². The van der Waals surface area contributed by atoms with E-state index in [9.17, 15) is 70.0 Å². The summed E-state index contributed by atoms with van der Waals surface area (Å²) in [5, 5.41) is 41.3. The highest BCUT2D eigenvalue weighted by Crippen LogP contribution is 2.51. The molecule has 6 N–H and O–H groups in total. The number of anilines is 1. The molecule has 7 aliphatic rings. The first-order valence-electron chi connectivity index (χ1n) is 48.7. The van der Waals surface area contributed by atoms with Crippen molar-refractivity contribution < 1.29 is 112 Å². The Labute approximate surface area is 804 Å². The normalized spacial score (nSPS) is 27.3. The lowest BCUT2D eigenvalue weighted by Gasteiger charge is -2.47. The number of cyclic esters (lactones) is 1. The Hall–Kier alpha value is -8.83. The minimum absolute atomic E-state index is 0.0336. The average Bonchev–Trinajstić information content (AvgIpc) is 1.57. The van der Waals surface area contributed by atoms with E-state index in [1.54, 1.807) is 58.2 Å². The quantitative estimate of drug-likeness (QED) is 0.00615. The van der Waals surface area contributed by atoms with Crippen molar-refractivity contribution in [3.8, 4) is 0 Å². The minimum atomic E-state index is -4.71. The second-order valence-corrected chi connectivity index (χ2v) is 41.7. The molecule has 0 aromatic heterocycles. The van der Waals surface area contributed by atoms with Gasteiger partial charge in [0.15, 0.2) is 5.71 Å². The molecule has 1 saturated carbocycles. The van der Waals surface area contributed by atoms with Crippen LogP contribution in [0.25, 0.3) is 11.6 Å². The molecule has 136 heavy (non-hydrogen) atoms. The Morgan fingerprint density at radius 3 is 1.93 bits per heavy atom. The Morgan fingerprint density at radius 1 is 0.676 bits per heavy atom. The van der Waals surface area contributed by atoms with E-state index in [2.05, 4.69) is 86.0 Å². The van der Waals surface area contributed by atoms with Gasteiger partial charge < -0.3 is 78.2 Å². The van der Waals surface area contributed by atoms with E-state index in [1.807, 2.05) is 74.5 Å². The molecule has 1 unspecified atom stereocenters. The fourth-order valence-electron chi connectivity index (χ4n) is 20.4. The summed E-state index contributed by atoms with van der Waals surface area (Å²) < 4.78 is 122. The highest BCUT2D eigenvalue weighted by Gasteiger charge is 2.57. The van der Waals surface area contributed by atoms with Gasteiger partial charge in [-0.25, -0.2) is 13.2 Å². The third-order valence-corrected chi connectivity index (χ3v) is 29.9. The van der Waals surface area contributed by atoms with Gasteiger partial charge in [-0.05, 0) is 242 Å². The van der Waals surface area contributed by atoms with Gasteiger partial charge in [-0.3, -0.25) is 28.5 Å². The number of ketones is 2. The smallest absolute Gasteiger partial charge is 0.329 e. The van der Waals surface area contributed by atoms with E-state index in [1.165, 1.54) is 37.3 Å². The van der Waals surface area contributed by atoms with Gasteiger partial charge in [0.05, 0.1) is 72.2 Å². The van der Waals surface area contributed by atoms with Crippen LogP contribution in [-0.2, 0) is 88.1 Å². The predicted octanol–water partition coefficient (Wildman–Crippen LogP) is 15.1. The molecule has 2 aliphatic carbocycles. The second kappa shape index (κ2) is 48.8. The highest BCUT2D eigenvalue weighted by atomic mass is 32.2. The van der Waals surface area contributed by atoms with Gasteiger partial charge >= 0.3 is 5.97 Å². The summed E-state index contributed by atoms with van der Waals surface area (Å²) in [6.45, 7) is 25.9. The molecule has 28 nitrogen and oxygen atoms in total. The number of nitrogens with one attached hydrogen (secondary N) is 2. The van der Waals surface area contributed by atoms with Crippen LogP contribution >= 0.6 is 0 Å². The number of benzene rings is 4. The van der Waals surface area contributed by atoms with Crippen LogP contribution in [0.5, 0.6) is 0 Å². The number of carbonyl (C=O) groups excluding carboxylic acids is 6. The lowest BCUT2D eigenvalue weighted by atomic mass is 9.79. The molecule has 14 atom stereocenters. The molecule has 3 amide bonds. The monoisotopic (exact) mass is 1920 g/mol. The zero-order valence-electron chi connectivity index (χ0n) is 81.8. The number of unbranched alkanes of at least 4 members (excludes halogenated alkanes) is 2. The van der Waals surface area contributed by atoms with Crippen molar-refractivity contribution in [2.24, 2.45) is 29.6 Å². The van der Waals surface area contributed by atoms with Crippen molar-refractivity contribution in [2.45, 2.75) is 280 Å². The summed E-state index contributed by atoms with van der Waals surface area (Å²) >= 11 is 0. The topological polar surface area (TPSA) is 382 Å². The van der Waals surface area contributed by atoms with Gasteiger partial charge in [0, 0.05) is 137 Å². The van der Waals surface area contributed by atoms with Crippen LogP contribution in [0.2, 0.25) is 0 Å². The number of Topliss-reactive ketones (excluding diaryl/α,β-unsaturated/α-hetero) is 2. The molecular weight excluding hydrogens is 1780 g/mol. The number of aliphatic hydroxyl groups is 3. The third kappa shape index (κ3) is 26.8. The predicted molar refractivity (Wildman–Crippen MR) is 520 cm³/mol. The van der Waals surface area contributed by atoms with Crippen LogP contribution in [0.15, 0.2) is 165 Å². The number of ether oxygens (including phenoxy) is 8. The van der Waals surface area contributed by atoms with Gasteiger partial charge in [0.2, 0.25) is 11.5 Å². The van der Waals surface area contributed by atoms with Crippen LogP contribution < -0.4 is 15.5 Å². The largest absolute Gasteiger partial charge is 0.744 e. The molecule has 11 rings (SSSR count). The van der Waals surface area contributed by atoms with Crippen molar-refractivity contribution >= 4 is 84.2 Å². The van der Waals surface area contributed by atoms with Crippen LogP contribution in [0, 0.1) is 29.6 Å². The van der Waals surface area contributed by atoms with E-state index in [-0.39, 0.29) is 71.5 Å². The number of rotatable bonds is 36. The molecule has 4 aromatic carbocycles. The van der Waals surface area contributed by atoms with Gasteiger partial charge in [0.1, 0.15) is 40.7 Å². The lowest BCUT2D eigenvalue weighted by Crippen LogP contribution is -2.64. The number of fused-ring (bicyclic) bond motifs is 5. The number of carbonyl (C=O) groups is 6. The SMILES string of the molecule is CCCCN1/C(=C/C=C2\CCCC(/C=C/C3=[N+](CCCC)c4ccc(S(=O)(=O)[O-])cc4C3(C)C)=C2c2ccc(C(=O)NCCCOCCOCCOCCCNC(=O)c3ccc(/C=C/C[C@H]4/C=C(/C)C[C@@H](C)C[C@@H](OC)[C@@H]5O[C@@](O)(C(=O)C(=O)N6CCCC[C@H]6C(=O)O[C@H](/C(C)=C/C6CC[C@@H](O)[C@H](OC)C6)[C@H](C)[C@@H](O)CC4=O)[C@H](C)C[C@@H]5OC)cc3)cc2)C(C)(C)c2cc(S(=O)(=O)O)ccc21. The molecular formula is C106H145N5O23S2. The number of aliphatic hydroxyl groups excluding tert-OH is 2. The number of nitrogens with zero attached hydrogens (tertiary/aromatic N) is 3. The average molecular weight is 1920 g/mol. The number of methoxy groups -OCH3 is 3. The first kappa shape index (κ1) is 108. The molecule has 3 fully saturated rings. The summed E-state index contributed by atoms with van der Waals surface area (Å²) in [6, 6.07) is 22.9. The van der Waals surface area contributed by atoms with Crippen molar-refractivity contribution in [1.29, 1.82) is 0 Å². The van der Waals surface area contributed by atoms with E-state index in [0.29, 0.717) is 140 Å². The first-order chi connectivity index (χ1) is 64.8. The molecule has 0 spiro atoms. The number of hydrogen-bond donors (Lipinski definition) is 6. The van der Waals surface area contributed by atoms with Crippen LogP contribution in [0.4, 0.5) is 11.4 Å². The molecule has 0 radical (unpaired) electrons. The molecule has 4 aromatic rings. The molecule has 30 heteroatoms. The minimum Gasteiger partial charge on any atom is -0.744 e. The molecule has 744 valence electrons.